The number of aromatic amines is 1. The van der Waals surface area contributed by atoms with Gasteiger partial charge in [-0.15, -0.1) is 0 Å². The van der Waals surface area contributed by atoms with E-state index in [0.717, 1.165) is 0 Å². The predicted molar refractivity (Wildman–Crippen MR) is 33.7 cm³/mol. The number of hydrogen-bond donors (Lipinski definition) is 1. The van der Waals surface area contributed by atoms with Gasteiger partial charge in [-0.3, -0.25) is 0 Å². The van der Waals surface area contributed by atoms with Crippen molar-refractivity contribution >= 4 is 0 Å². The normalized spacial score (nSPS) is 10.4. The van der Waals surface area contributed by atoms with Crippen LogP contribution in [0.2, 0.25) is 0 Å². The molecule has 0 aromatic carbocycles. The van der Waals surface area contributed by atoms with E-state index in [0.29, 0.717) is 5.92 Å². The van der Waals surface area contributed by atoms with Gasteiger partial charge in [0.2, 0.25) is 0 Å². The van der Waals surface area contributed by atoms with Gasteiger partial charge in [0, 0.05) is 18.5 Å². The molecule has 0 fully saturated rings. The largest absolute Gasteiger partial charge is 0.367 e. The van der Waals surface area contributed by atoms with Gasteiger partial charge < -0.3 is 4.98 Å². The lowest BCUT2D eigenvalue weighted by atomic mass is 10.1. The standard InChI is InChI=1S/C7H10N/c1-6(2)7-3-4-8-5-7/h4-6,8H,1-2H3. The predicted octanol–water partition coefficient (Wildman–Crippen LogP) is 1.94. The summed E-state index contributed by atoms with van der Waals surface area (Å²) >= 11 is 0. The van der Waals surface area contributed by atoms with E-state index in [4.69, 9.17) is 0 Å². The minimum atomic E-state index is 0.598. The smallest absolute Gasteiger partial charge is 0.00878 e. The Bertz CT molecular complexity index is 139. The van der Waals surface area contributed by atoms with Crippen molar-refractivity contribution in [2.24, 2.45) is 0 Å². The second-order valence-electron chi connectivity index (χ2n) is 2.21. The van der Waals surface area contributed by atoms with E-state index in [-0.39, 0.29) is 0 Å². The Labute approximate surface area is 49.7 Å². The molecule has 1 radical (unpaired) electrons. The summed E-state index contributed by atoms with van der Waals surface area (Å²) in [7, 11) is 0. The summed E-state index contributed by atoms with van der Waals surface area (Å²) in [5.74, 6) is 0.598. The van der Waals surface area contributed by atoms with E-state index in [1.807, 2.05) is 12.4 Å². The highest BCUT2D eigenvalue weighted by Crippen LogP contribution is 2.10. The van der Waals surface area contributed by atoms with Crippen LogP contribution in [0.3, 0.4) is 0 Å². The average molecular weight is 108 g/mol. The van der Waals surface area contributed by atoms with Gasteiger partial charge in [-0.2, -0.15) is 0 Å². The second-order valence-corrected chi connectivity index (χ2v) is 2.21. The molecule has 1 rings (SSSR count). The van der Waals surface area contributed by atoms with Gasteiger partial charge in [-0.05, 0) is 11.5 Å². The fourth-order valence-electron chi connectivity index (χ4n) is 0.631. The summed E-state index contributed by atoms with van der Waals surface area (Å²) in [6.07, 6.45) is 3.81. The van der Waals surface area contributed by atoms with E-state index in [2.05, 4.69) is 24.9 Å². The first kappa shape index (κ1) is 5.42. The van der Waals surface area contributed by atoms with Gasteiger partial charge in [0.05, 0.1) is 0 Å². The number of nitrogens with one attached hydrogen (secondary N) is 1. The van der Waals surface area contributed by atoms with Crippen molar-refractivity contribution in [1.82, 2.24) is 4.98 Å². The molecule has 1 heteroatoms. The van der Waals surface area contributed by atoms with Crippen LogP contribution in [0.1, 0.15) is 25.3 Å². The number of H-pyrrole nitrogens is 1. The SMILES string of the molecule is CC(C)c1[c]c[nH]c1. The Morgan fingerprint density at radius 1 is 1.62 bits per heavy atom. The molecule has 0 saturated carbocycles. The molecule has 0 unspecified atom stereocenters. The lowest BCUT2D eigenvalue weighted by Gasteiger charge is -1.95. The fourth-order valence-corrected chi connectivity index (χ4v) is 0.631. The summed E-state index contributed by atoms with van der Waals surface area (Å²) in [5.41, 5.74) is 1.25. The Morgan fingerprint density at radius 2 is 2.38 bits per heavy atom. The molecule has 1 nitrogen and oxygen atoms in total. The minimum absolute atomic E-state index is 0.598. The van der Waals surface area contributed by atoms with Crippen LogP contribution in [0, 0.1) is 6.07 Å². The summed E-state index contributed by atoms with van der Waals surface area (Å²) < 4.78 is 0. The van der Waals surface area contributed by atoms with Crippen LogP contribution in [0.25, 0.3) is 0 Å². The molecule has 0 aliphatic carbocycles. The van der Waals surface area contributed by atoms with Crippen LogP contribution in [-0.4, -0.2) is 4.98 Å². The van der Waals surface area contributed by atoms with Crippen LogP contribution in [0.15, 0.2) is 12.4 Å². The van der Waals surface area contributed by atoms with Crippen molar-refractivity contribution in [3.05, 3.63) is 24.0 Å². The second kappa shape index (κ2) is 2.03. The van der Waals surface area contributed by atoms with Crippen LogP contribution < -0.4 is 0 Å². The Hall–Kier alpha value is -0.720. The molecule has 1 heterocycles. The number of aromatic nitrogens is 1. The van der Waals surface area contributed by atoms with Crippen molar-refractivity contribution in [3.63, 3.8) is 0 Å². The Morgan fingerprint density at radius 3 is 2.62 bits per heavy atom. The summed E-state index contributed by atoms with van der Waals surface area (Å²) in [4.78, 5) is 2.96. The molecule has 0 aliphatic rings. The van der Waals surface area contributed by atoms with E-state index >= 15 is 0 Å². The molecule has 0 aliphatic heterocycles. The average Bonchev–Trinajstić information content (AvgIpc) is 2.12. The van der Waals surface area contributed by atoms with E-state index in [1.165, 1.54) is 5.56 Å². The monoisotopic (exact) mass is 108 g/mol. The highest BCUT2D eigenvalue weighted by atomic mass is 14.6. The summed E-state index contributed by atoms with van der Waals surface area (Å²) in [6.45, 7) is 4.30. The van der Waals surface area contributed by atoms with Crippen molar-refractivity contribution in [2.75, 3.05) is 0 Å². The molecule has 1 aromatic rings. The molecule has 1 aromatic heterocycles. The maximum absolute atomic E-state index is 3.08. The van der Waals surface area contributed by atoms with Gasteiger partial charge in [-0.1, -0.05) is 13.8 Å². The lowest BCUT2D eigenvalue weighted by Crippen LogP contribution is -1.80. The zero-order valence-electron chi connectivity index (χ0n) is 5.23. The first-order valence-electron chi connectivity index (χ1n) is 2.85. The van der Waals surface area contributed by atoms with Crippen LogP contribution in [-0.2, 0) is 0 Å². The highest BCUT2D eigenvalue weighted by molar-refractivity contribution is 5.10. The third kappa shape index (κ3) is 0.915. The van der Waals surface area contributed by atoms with Crippen molar-refractivity contribution < 1.29 is 0 Å². The third-order valence-electron chi connectivity index (χ3n) is 1.18. The first-order chi connectivity index (χ1) is 3.80. The molecule has 1 N–H and O–H groups in total. The van der Waals surface area contributed by atoms with Crippen molar-refractivity contribution in [2.45, 2.75) is 19.8 Å². The van der Waals surface area contributed by atoms with Gasteiger partial charge in [-0.25, -0.2) is 0 Å². The summed E-state index contributed by atoms with van der Waals surface area (Å²) in [6, 6.07) is 3.08. The minimum Gasteiger partial charge on any atom is -0.367 e. The Balaban J connectivity index is 2.77. The van der Waals surface area contributed by atoms with E-state index < -0.39 is 0 Å². The van der Waals surface area contributed by atoms with Crippen LogP contribution >= 0.6 is 0 Å². The van der Waals surface area contributed by atoms with Gasteiger partial charge in [0.15, 0.2) is 0 Å². The maximum Gasteiger partial charge on any atom is 0.00878 e. The summed E-state index contributed by atoms with van der Waals surface area (Å²) in [5, 5.41) is 0. The van der Waals surface area contributed by atoms with Crippen molar-refractivity contribution in [1.29, 1.82) is 0 Å². The molecule has 43 valence electrons. The molecule has 0 atom stereocenters. The zero-order chi connectivity index (χ0) is 5.98. The van der Waals surface area contributed by atoms with Crippen molar-refractivity contribution in [3.8, 4) is 0 Å². The van der Waals surface area contributed by atoms with E-state index in [9.17, 15) is 0 Å². The molecule has 0 saturated heterocycles. The fraction of sp³-hybridized carbons (Fsp3) is 0.429. The molecule has 0 spiro atoms. The topological polar surface area (TPSA) is 15.8 Å². The lowest BCUT2D eigenvalue weighted by molar-refractivity contribution is 0.867. The first-order valence-corrected chi connectivity index (χ1v) is 2.85. The number of rotatable bonds is 1. The zero-order valence-corrected chi connectivity index (χ0v) is 5.23. The van der Waals surface area contributed by atoms with Gasteiger partial charge in [0.25, 0.3) is 0 Å². The van der Waals surface area contributed by atoms with Crippen LogP contribution in [0.4, 0.5) is 0 Å². The molecular weight excluding hydrogens is 98.1 g/mol. The van der Waals surface area contributed by atoms with Gasteiger partial charge >= 0.3 is 0 Å². The third-order valence-corrected chi connectivity index (χ3v) is 1.18. The maximum atomic E-state index is 3.08. The quantitative estimate of drug-likeness (QED) is 0.565. The molecule has 0 bridgehead atoms. The molecule has 8 heavy (non-hydrogen) atoms. The molecular formula is C7H10N. The Kier molecular flexibility index (Phi) is 1.38. The van der Waals surface area contributed by atoms with Crippen LogP contribution in [0.5, 0.6) is 0 Å². The highest BCUT2D eigenvalue weighted by Gasteiger charge is 1.95. The van der Waals surface area contributed by atoms with E-state index in [1.54, 1.807) is 0 Å². The molecule has 0 amide bonds. The van der Waals surface area contributed by atoms with Gasteiger partial charge in [0.1, 0.15) is 0 Å². The number of hydrogen-bond acceptors (Lipinski definition) is 0.